The molecule has 0 aromatic heterocycles. The van der Waals surface area contributed by atoms with Gasteiger partial charge in [-0.25, -0.2) is 0 Å². The number of hydrogen-bond acceptors (Lipinski definition) is 6. The summed E-state index contributed by atoms with van der Waals surface area (Å²) in [4.78, 5) is 32.1. The van der Waals surface area contributed by atoms with Crippen molar-refractivity contribution in [2.75, 3.05) is 0 Å². The van der Waals surface area contributed by atoms with Crippen molar-refractivity contribution < 1.29 is 24.0 Å². The quantitative estimate of drug-likeness (QED) is 0.412. The molecule has 7 heteroatoms. The Morgan fingerprint density at radius 2 is 1.53 bits per heavy atom. The Hall–Kier alpha value is -1.66. The average Bonchev–Trinajstić information content (AvgIpc) is 2.14. The third kappa shape index (κ3) is 3.69. The maximum atomic E-state index is 11.0. The van der Waals surface area contributed by atoms with E-state index in [0.29, 0.717) is 19.3 Å². The van der Waals surface area contributed by atoms with E-state index in [4.69, 9.17) is 9.47 Å². The van der Waals surface area contributed by atoms with E-state index in [1.807, 2.05) is 0 Å². The van der Waals surface area contributed by atoms with Gasteiger partial charge in [-0.3, -0.25) is 19.7 Å². The molecule has 0 saturated heterocycles. The minimum atomic E-state index is -1.17. The average molecular weight is 245 g/mol. The maximum absolute atomic E-state index is 11.0. The van der Waals surface area contributed by atoms with Gasteiger partial charge in [-0.1, -0.05) is 0 Å². The van der Waals surface area contributed by atoms with Crippen LogP contribution in [0.3, 0.4) is 0 Å². The van der Waals surface area contributed by atoms with Crippen LogP contribution in [0.15, 0.2) is 0 Å². The molecule has 0 aromatic rings. The second-order valence-corrected chi connectivity index (χ2v) is 4.00. The van der Waals surface area contributed by atoms with Gasteiger partial charge >= 0.3 is 11.9 Å². The predicted molar refractivity (Wildman–Crippen MR) is 55.7 cm³/mol. The first-order valence-electron chi connectivity index (χ1n) is 5.39. The van der Waals surface area contributed by atoms with Crippen LogP contribution < -0.4 is 0 Å². The lowest BCUT2D eigenvalue weighted by molar-refractivity contribution is -0.548. The normalized spacial score (nSPS) is 28.2. The number of esters is 2. The van der Waals surface area contributed by atoms with Crippen molar-refractivity contribution in [3.8, 4) is 0 Å². The first kappa shape index (κ1) is 13.4. The van der Waals surface area contributed by atoms with Gasteiger partial charge in [-0.15, -0.1) is 0 Å². The highest BCUT2D eigenvalue weighted by atomic mass is 16.6. The lowest BCUT2D eigenvalue weighted by Gasteiger charge is -2.30. The van der Waals surface area contributed by atoms with Crippen LogP contribution in [-0.4, -0.2) is 35.1 Å². The van der Waals surface area contributed by atoms with E-state index in [-0.39, 0.29) is 0 Å². The number of hydrogen-bond donors (Lipinski definition) is 0. The Morgan fingerprint density at radius 3 is 1.82 bits per heavy atom. The fourth-order valence-electron chi connectivity index (χ4n) is 2.06. The van der Waals surface area contributed by atoms with Gasteiger partial charge in [0.2, 0.25) is 0 Å². The molecule has 0 N–H and O–H groups in total. The molecule has 0 aliphatic heterocycles. The molecule has 0 heterocycles. The monoisotopic (exact) mass is 245 g/mol. The van der Waals surface area contributed by atoms with Crippen molar-refractivity contribution in [3.05, 3.63) is 10.1 Å². The second-order valence-electron chi connectivity index (χ2n) is 4.00. The minimum Gasteiger partial charge on any atom is -0.455 e. The summed E-state index contributed by atoms with van der Waals surface area (Å²) < 4.78 is 9.81. The highest BCUT2D eigenvalue weighted by molar-refractivity contribution is 5.67. The van der Waals surface area contributed by atoms with Crippen LogP contribution in [-0.2, 0) is 19.1 Å². The summed E-state index contributed by atoms with van der Waals surface area (Å²) in [6.45, 7) is 2.40. The van der Waals surface area contributed by atoms with E-state index < -0.39 is 35.1 Å². The van der Waals surface area contributed by atoms with Gasteiger partial charge in [-0.2, -0.15) is 0 Å². The van der Waals surface area contributed by atoms with E-state index in [1.54, 1.807) is 0 Å². The number of carbonyl (C=O) groups is 2. The molecule has 1 saturated carbocycles. The first-order valence-corrected chi connectivity index (χ1v) is 5.39. The molecule has 1 rings (SSSR count). The van der Waals surface area contributed by atoms with Crippen molar-refractivity contribution in [1.82, 2.24) is 0 Å². The minimum absolute atomic E-state index is 0.420. The summed E-state index contributed by atoms with van der Waals surface area (Å²) in [7, 11) is 0. The molecule has 17 heavy (non-hydrogen) atoms. The molecule has 1 aliphatic rings. The van der Waals surface area contributed by atoms with Gasteiger partial charge in [0, 0.05) is 18.8 Å². The van der Waals surface area contributed by atoms with Crippen molar-refractivity contribution in [2.45, 2.75) is 51.4 Å². The predicted octanol–water partition coefficient (Wildman–Crippen LogP) is 0.679. The smallest absolute Gasteiger partial charge is 0.303 e. The summed E-state index contributed by atoms with van der Waals surface area (Å²) in [5.74, 6) is -1.13. The zero-order valence-corrected chi connectivity index (χ0v) is 9.75. The van der Waals surface area contributed by atoms with Crippen molar-refractivity contribution >= 4 is 11.9 Å². The number of ether oxygens (including phenoxy) is 2. The summed E-state index contributed by atoms with van der Waals surface area (Å²) in [5, 5.41) is 11.0. The van der Waals surface area contributed by atoms with Crippen LogP contribution >= 0.6 is 0 Å². The van der Waals surface area contributed by atoms with Gasteiger partial charge in [0.15, 0.2) is 12.2 Å². The fourth-order valence-corrected chi connectivity index (χ4v) is 2.06. The van der Waals surface area contributed by atoms with E-state index in [0.717, 1.165) is 0 Å². The summed E-state index contributed by atoms with van der Waals surface area (Å²) in [6, 6.07) is -1.17. The molecule has 96 valence electrons. The Morgan fingerprint density at radius 1 is 1.12 bits per heavy atom. The molecule has 7 nitrogen and oxygen atoms in total. The maximum Gasteiger partial charge on any atom is 0.303 e. The molecule has 0 radical (unpaired) electrons. The molecule has 1 fully saturated rings. The highest BCUT2D eigenvalue weighted by Gasteiger charge is 2.46. The number of rotatable bonds is 3. The lowest BCUT2D eigenvalue weighted by Crippen LogP contribution is -2.50. The van der Waals surface area contributed by atoms with E-state index in [1.165, 1.54) is 13.8 Å². The van der Waals surface area contributed by atoms with E-state index in [9.17, 15) is 19.7 Å². The van der Waals surface area contributed by atoms with Crippen LogP contribution in [0.4, 0.5) is 0 Å². The highest BCUT2D eigenvalue weighted by Crippen LogP contribution is 2.26. The lowest BCUT2D eigenvalue weighted by atomic mass is 9.90. The number of nitrogens with zero attached hydrogens (tertiary/aromatic N) is 1. The van der Waals surface area contributed by atoms with Gasteiger partial charge < -0.3 is 9.47 Å². The van der Waals surface area contributed by atoms with Gasteiger partial charge in [0.05, 0.1) is 0 Å². The first-order chi connectivity index (χ1) is 7.91. The largest absolute Gasteiger partial charge is 0.455 e. The van der Waals surface area contributed by atoms with E-state index >= 15 is 0 Å². The molecular weight excluding hydrogens is 230 g/mol. The third-order valence-corrected chi connectivity index (χ3v) is 2.62. The fraction of sp³-hybridized carbons (Fsp3) is 0.800. The summed E-state index contributed by atoms with van der Waals surface area (Å²) in [6.07, 6.45) is -0.173. The molecule has 2 atom stereocenters. The van der Waals surface area contributed by atoms with Crippen molar-refractivity contribution in [1.29, 1.82) is 0 Å². The molecular formula is C10H15NO6. The van der Waals surface area contributed by atoms with Crippen molar-refractivity contribution in [2.24, 2.45) is 0 Å². The topological polar surface area (TPSA) is 95.7 Å². The molecule has 0 aromatic carbocycles. The van der Waals surface area contributed by atoms with Gasteiger partial charge in [0.25, 0.3) is 6.04 Å². The Bertz CT molecular complexity index is 305. The van der Waals surface area contributed by atoms with Gasteiger partial charge in [-0.05, 0) is 19.3 Å². The van der Waals surface area contributed by atoms with Crippen molar-refractivity contribution in [3.63, 3.8) is 0 Å². The molecule has 0 amide bonds. The third-order valence-electron chi connectivity index (χ3n) is 2.62. The SMILES string of the molecule is CC(=O)OC1CCCC(OC(C)=O)C1[N+](=O)[O-]. The second kappa shape index (κ2) is 5.60. The van der Waals surface area contributed by atoms with Crippen LogP contribution in [0.25, 0.3) is 0 Å². The van der Waals surface area contributed by atoms with Crippen LogP contribution in [0.1, 0.15) is 33.1 Å². The summed E-state index contributed by atoms with van der Waals surface area (Å²) in [5.41, 5.74) is 0. The Labute approximate surface area is 98.2 Å². The molecule has 0 spiro atoms. The molecule has 0 bridgehead atoms. The van der Waals surface area contributed by atoms with Crippen LogP contribution in [0.2, 0.25) is 0 Å². The van der Waals surface area contributed by atoms with Gasteiger partial charge in [0.1, 0.15) is 0 Å². The zero-order valence-electron chi connectivity index (χ0n) is 9.75. The number of carbonyl (C=O) groups excluding carboxylic acids is 2. The van der Waals surface area contributed by atoms with Crippen LogP contribution in [0, 0.1) is 10.1 Å². The zero-order chi connectivity index (χ0) is 13.0. The number of nitro groups is 1. The van der Waals surface area contributed by atoms with Crippen LogP contribution in [0.5, 0.6) is 0 Å². The molecule has 1 aliphatic carbocycles. The summed E-state index contributed by atoms with van der Waals surface area (Å²) >= 11 is 0. The standard InChI is InChI=1S/C10H15NO6/c1-6(12)16-8-4-3-5-9(17-7(2)13)10(8)11(14)15/h8-10H,3-5H2,1-2H3. The molecule has 2 unspecified atom stereocenters. The van der Waals surface area contributed by atoms with E-state index in [2.05, 4.69) is 0 Å². The Balaban J connectivity index is 2.79. The Kier molecular flexibility index (Phi) is 4.42.